The van der Waals surface area contributed by atoms with Crippen molar-refractivity contribution in [1.29, 1.82) is 0 Å². The van der Waals surface area contributed by atoms with E-state index in [1.165, 1.54) is 11.1 Å². The van der Waals surface area contributed by atoms with Crippen LogP contribution >= 0.6 is 0 Å². The molecule has 0 unspecified atom stereocenters. The van der Waals surface area contributed by atoms with Gasteiger partial charge in [0, 0.05) is 23.9 Å². The molecule has 0 amide bonds. The number of aryl methyl sites for hydroxylation is 1. The van der Waals surface area contributed by atoms with Crippen molar-refractivity contribution in [2.45, 2.75) is 39.5 Å². The van der Waals surface area contributed by atoms with Gasteiger partial charge in [0.1, 0.15) is 0 Å². The van der Waals surface area contributed by atoms with Gasteiger partial charge >= 0.3 is 0 Å². The Kier molecular flexibility index (Phi) is 3.62. The molecule has 1 aliphatic carbocycles. The van der Waals surface area contributed by atoms with Crippen LogP contribution in [0.2, 0.25) is 0 Å². The second-order valence-electron chi connectivity index (χ2n) is 4.69. The second kappa shape index (κ2) is 5.17. The summed E-state index contributed by atoms with van der Waals surface area (Å²) in [5.74, 6) is 0.300. The SMILES string of the molecule is Cc1cccc(N/C=C2/CCCCC2=O)c1C. The summed E-state index contributed by atoms with van der Waals surface area (Å²) in [6.45, 7) is 4.19. The minimum absolute atomic E-state index is 0.300. The number of rotatable bonds is 2. The van der Waals surface area contributed by atoms with Gasteiger partial charge in [0.2, 0.25) is 0 Å². The van der Waals surface area contributed by atoms with E-state index in [-0.39, 0.29) is 0 Å². The van der Waals surface area contributed by atoms with E-state index in [1.807, 2.05) is 18.3 Å². The van der Waals surface area contributed by atoms with Gasteiger partial charge in [-0.25, -0.2) is 0 Å². The number of allylic oxidation sites excluding steroid dienone is 1. The molecule has 1 aliphatic rings. The van der Waals surface area contributed by atoms with Gasteiger partial charge in [-0.15, -0.1) is 0 Å². The maximum absolute atomic E-state index is 11.7. The molecule has 0 atom stereocenters. The highest BCUT2D eigenvalue weighted by Gasteiger charge is 2.14. The topological polar surface area (TPSA) is 29.1 Å². The summed E-state index contributed by atoms with van der Waals surface area (Å²) in [5, 5.41) is 3.27. The van der Waals surface area contributed by atoms with Crippen molar-refractivity contribution in [3.05, 3.63) is 41.1 Å². The fourth-order valence-corrected chi connectivity index (χ4v) is 2.13. The van der Waals surface area contributed by atoms with Crippen LogP contribution in [0.1, 0.15) is 36.8 Å². The summed E-state index contributed by atoms with van der Waals surface area (Å²) in [6.07, 6.45) is 5.69. The highest BCUT2D eigenvalue weighted by molar-refractivity contribution is 5.96. The van der Waals surface area contributed by atoms with Crippen LogP contribution in [-0.4, -0.2) is 5.78 Å². The van der Waals surface area contributed by atoms with Gasteiger partial charge in [0.25, 0.3) is 0 Å². The number of benzene rings is 1. The highest BCUT2D eigenvalue weighted by atomic mass is 16.1. The van der Waals surface area contributed by atoms with Crippen LogP contribution in [0.4, 0.5) is 5.69 Å². The summed E-state index contributed by atoms with van der Waals surface area (Å²) in [7, 11) is 0. The summed E-state index contributed by atoms with van der Waals surface area (Å²) >= 11 is 0. The minimum atomic E-state index is 0.300. The van der Waals surface area contributed by atoms with Crippen LogP contribution in [0, 0.1) is 13.8 Å². The van der Waals surface area contributed by atoms with Gasteiger partial charge in [-0.2, -0.15) is 0 Å². The Labute approximate surface area is 103 Å². The lowest BCUT2D eigenvalue weighted by Crippen LogP contribution is -2.10. The lowest BCUT2D eigenvalue weighted by molar-refractivity contribution is -0.116. The molecule has 0 saturated heterocycles. The first kappa shape index (κ1) is 11.9. The molecule has 2 rings (SSSR count). The molecule has 1 fully saturated rings. The molecule has 17 heavy (non-hydrogen) atoms. The monoisotopic (exact) mass is 229 g/mol. The third-order valence-corrected chi connectivity index (χ3v) is 3.46. The van der Waals surface area contributed by atoms with Crippen molar-refractivity contribution in [1.82, 2.24) is 0 Å². The molecule has 1 saturated carbocycles. The molecular weight excluding hydrogens is 210 g/mol. The number of hydrogen-bond acceptors (Lipinski definition) is 2. The van der Waals surface area contributed by atoms with Gasteiger partial charge < -0.3 is 5.32 Å². The molecule has 0 bridgehead atoms. The van der Waals surface area contributed by atoms with Gasteiger partial charge in [0.05, 0.1) is 0 Å². The molecule has 1 aromatic rings. The van der Waals surface area contributed by atoms with Crippen LogP contribution in [0.3, 0.4) is 0 Å². The average molecular weight is 229 g/mol. The number of anilines is 1. The average Bonchev–Trinajstić information content (AvgIpc) is 2.33. The summed E-state index contributed by atoms with van der Waals surface area (Å²) in [5.41, 5.74) is 4.55. The van der Waals surface area contributed by atoms with Crippen LogP contribution in [0.15, 0.2) is 30.0 Å². The van der Waals surface area contributed by atoms with Gasteiger partial charge in [0.15, 0.2) is 5.78 Å². The number of ketones is 1. The Balaban J connectivity index is 2.13. The largest absolute Gasteiger partial charge is 0.361 e. The van der Waals surface area contributed by atoms with Crippen LogP contribution in [0.5, 0.6) is 0 Å². The fourth-order valence-electron chi connectivity index (χ4n) is 2.13. The van der Waals surface area contributed by atoms with Crippen molar-refractivity contribution in [3.63, 3.8) is 0 Å². The summed E-state index contributed by atoms with van der Waals surface area (Å²) in [6, 6.07) is 6.18. The van der Waals surface area contributed by atoms with Crippen molar-refractivity contribution < 1.29 is 4.79 Å². The third kappa shape index (κ3) is 2.76. The molecule has 2 heteroatoms. The number of carbonyl (C=O) groups excluding carboxylic acids is 1. The van der Waals surface area contributed by atoms with Gasteiger partial charge in [-0.3, -0.25) is 4.79 Å². The van der Waals surface area contributed by atoms with E-state index in [4.69, 9.17) is 0 Å². The first-order valence-electron chi connectivity index (χ1n) is 6.23. The Bertz CT molecular complexity index is 460. The molecule has 0 spiro atoms. The molecule has 0 radical (unpaired) electrons. The van der Waals surface area contributed by atoms with E-state index in [9.17, 15) is 4.79 Å². The molecule has 90 valence electrons. The van der Waals surface area contributed by atoms with E-state index in [0.717, 1.165) is 30.5 Å². The molecular formula is C15H19NO. The standard InChI is InChI=1S/C15H19NO/c1-11-6-5-8-14(12(11)2)16-10-13-7-3-4-9-15(13)17/h5-6,8,10,16H,3-4,7,9H2,1-2H3/b13-10-. The van der Waals surface area contributed by atoms with E-state index in [0.29, 0.717) is 12.2 Å². The lowest BCUT2D eigenvalue weighted by Gasteiger charge is -2.14. The lowest BCUT2D eigenvalue weighted by atomic mass is 9.94. The van der Waals surface area contributed by atoms with Crippen molar-refractivity contribution in [2.75, 3.05) is 5.32 Å². The van der Waals surface area contributed by atoms with Crippen LogP contribution in [-0.2, 0) is 4.79 Å². The maximum Gasteiger partial charge on any atom is 0.160 e. The quantitative estimate of drug-likeness (QED) is 0.783. The zero-order valence-corrected chi connectivity index (χ0v) is 10.5. The van der Waals surface area contributed by atoms with E-state index < -0.39 is 0 Å². The molecule has 2 nitrogen and oxygen atoms in total. The van der Waals surface area contributed by atoms with Gasteiger partial charge in [-0.1, -0.05) is 12.1 Å². The van der Waals surface area contributed by atoms with Crippen LogP contribution < -0.4 is 5.32 Å². The van der Waals surface area contributed by atoms with E-state index in [1.54, 1.807) is 0 Å². The first-order chi connectivity index (χ1) is 8.18. The zero-order chi connectivity index (χ0) is 12.3. The molecule has 1 N–H and O–H groups in total. The van der Waals surface area contributed by atoms with Gasteiger partial charge in [-0.05, 0) is 50.3 Å². The summed E-state index contributed by atoms with van der Waals surface area (Å²) in [4.78, 5) is 11.7. The third-order valence-electron chi connectivity index (χ3n) is 3.46. The van der Waals surface area contributed by atoms with Crippen molar-refractivity contribution >= 4 is 11.5 Å². The van der Waals surface area contributed by atoms with E-state index >= 15 is 0 Å². The first-order valence-corrected chi connectivity index (χ1v) is 6.23. The highest BCUT2D eigenvalue weighted by Crippen LogP contribution is 2.22. The zero-order valence-electron chi connectivity index (χ0n) is 10.5. The number of hydrogen-bond donors (Lipinski definition) is 1. The second-order valence-corrected chi connectivity index (χ2v) is 4.69. The Morgan fingerprint density at radius 3 is 2.71 bits per heavy atom. The molecule has 0 heterocycles. The molecule has 1 aromatic carbocycles. The molecule has 0 aliphatic heterocycles. The predicted octanol–water partition coefficient (Wildman–Crippen LogP) is 3.74. The Morgan fingerprint density at radius 1 is 1.18 bits per heavy atom. The normalized spacial score (nSPS) is 18.5. The number of nitrogens with one attached hydrogen (secondary N) is 1. The smallest absolute Gasteiger partial charge is 0.160 e. The maximum atomic E-state index is 11.7. The van der Waals surface area contributed by atoms with Crippen molar-refractivity contribution in [2.24, 2.45) is 0 Å². The molecule has 0 aromatic heterocycles. The van der Waals surface area contributed by atoms with Crippen molar-refractivity contribution in [3.8, 4) is 0 Å². The van der Waals surface area contributed by atoms with E-state index in [2.05, 4.69) is 25.2 Å². The fraction of sp³-hybridized carbons (Fsp3) is 0.400. The predicted molar refractivity (Wildman–Crippen MR) is 71.1 cm³/mol. The van der Waals surface area contributed by atoms with Crippen LogP contribution in [0.25, 0.3) is 0 Å². The minimum Gasteiger partial charge on any atom is -0.361 e. The number of carbonyl (C=O) groups is 1. The Morgan fingerprint density at radius 2 is 1.94 bits per heavy atom. The summed E-state index contributed by atoms with van der Waals surface area (Å²) < 4.78 is 0. The number of Topliss-reactive ketones (excluding diaryl/α,β-unsaturated/α-hetero) is 1. The Hall–Kier alpha value is -1.57.